The Labute approximate surface area is 148 Å². The predicted molar refractivity (Wildman–Crippen MR) is 102 cm³/mol. The highest BCUT2D eigenvalue weighted by Crippen LogP contribution is 2.18. The summed E-state index contributed by atoms with van der Waals surface area (Å²) in [4.78, 5) is 6.52. The molecule has 140 valence electrons. The average molecular weight is 359 g/mol. The molecule has 0 spiro atoms. The van der Waals surface area contributed by atoms with Gasteiger partial charge in [-0.15, -0.1) is 6.58 Å². The van der Waals surface area contributed by atoms with Gasteiger partial charge in [0.25, 0.3) is 0 Å². The van der Waals surface area contributed by atoms with Crippen LogP contribution in [0.3, 0.4) is 0 Å². The van der Waals surface area contributed by atoms with Crippen LogP contribution in [0.15, 0.2) is 17.6 Å². The summed E-state index contributed by atoms with van der Waals surface area (Å²) in [5.74, 6) is 1.42. The van der Waals surface area contributed by atoms with Crippen molar-refractivity contribution >= 4 is 16.0 Å². The van der Waals surface area contributed by atoms with Gasteiger partial charge in [-0.1, -0.05) is 12.5 Å². The van der Waals surface area contributed by atoms with Crippen molar-refractivity contribution in [3.05, 3.63) is 12.7 Å². The molecule has 7 heteroatoms. The second kappa shape index (κ2) is 10.7. The van der Waals surface area contributed by atoms with Crippen LogP contribution in [0.2, 0.25) is 0 Å². The van der Waals surface area contributed by atoms with Crippen molar-refractivity contribution in [2.24, 2.45) is 10.9 Å². The van der Waals surface area contributed by atoms with Crippen molar-refractivity contribution in [1.29, 1.82) is 0 Å². The van der Waals surface area contributed by atoms with Crippen LogP contribution in [-0.2, 0) is 10.0 Å². The number of aliphatic imine (C=N–C) groups is 1. The van der Waals surface area contributed by atoms with Crippen molar-refractivity contribution in [2.45, 2.75) is 38.5 Å². The maximum Gasteiger partial charge on any atom is 0.211 e. The molecule has 0 aromatic heterocycles. The molecule has 24 heavy (non-hydrogen) atoms. The Morgan fingerprint density at radius 3 is 2.54 bits per heavy atom. The lowest BCUT2D eigenvalue weighted by Crippen LogP contribution is -2.44. The second-order valence-corrected chi connectivity index (χ2v) is 8.58. The highest BCUT2D eigenvalue weighted by molar-refractivity contribution is 7.88. The molecule has 6 nitrogen and oxygen atoms in total. The minimum absolute atomic E-state index is 0.501. The summed E-state index contributed by atoms with van der Waals surface area (Å²) in [5, 5.41) is 3.44. The molecule has 1 heterocycles. The average Bonchev–Trinajstić information content (AvgIpc) is 2.55. The van der Waals surface area contributed by atoms with Crippen LogP contribution in [-0.4, -0.2) is 70.1 Å². The zero-order chi connectivity index (χ0) is 18.0. The first-order valence-electron chi connectivity index (χ1n) is 8.86. The van der Waals surface area contributed by atoms with Gasteiger partial charge in [-0.3, -0.25) is 4.99 Å². The van der Waals surface area contributed by atoms with Gasteiger partial charge in [0.15, 0.2) is 5.96 Å². The van der Waals surface area contributed by atoms with Crippen LogP contribution in [0.4, 0.5) is 0 Å². The molecule has 1 fully saturated rings. The van der Waals surface area contributed by atoms with Gasteiger partial charge < -0.3 is 10.2 Å². The second-order valence-electron chi connectivity index (χ2n) is 6.59. The fourth-order valence-corrected chi connectivity index (χ4v) is 3.86. The third kappa shape index (κ3) is 7.66. The first-order valence-corrected chi connectivity index (χ1v) is 10.7. The molecular weight excluding hydrogens is 324 g/mol. The topological polar surface area (TPSA) is 65.0 Å². The first kappa shape index (κ1) is 21.0. The van der Waals surface area contributed by atoms with Gasteiger partial charge in [-0.05, 0) is 38.0 Å². The van der Waals surface area contributed by atoms with E-state index in [1.165, 1.54) is 19.1 Å². The molecule has 1 saturated heterocycles. The maximum absolute atomic E-state index is 11.5. The van der Waals surface area contributed by atoms with Crippen molar-refractivity contribution in [1.82, 2.24) is 14.5 Å². The van der Waals surface area contributed by atoms with Crippen LogP contribution in [0.25, 0.3) is 0 Å². The van der Waals surface area contributed by atoms with E-state index in [1.54, 1.807) is 4.31 Å². The fourth-order valence-electron chi connectivity index (χ4n) is 2.99. The number of guanidine groups is 1. The van der Waals surface area contributed by atoms with Crippen LogP contribution in [0.1, 0.15) is 38.5 Å². The zero-order valence-electron chi connectivity index (χ0n) is 15.5. The van der Waals surface area contributed by atoms with E-state index in [4.69, 9.17) is 0 Å². The molecule has 1 N–H and O–H groups in total. The number of unbranched alkanes of at least 4 members (excludes halogenated alkanes) is 3. The summed E-state index contributed by atoms with van der Waals surface area (Å²) in [6, 6.07) is 0. The van der Waals surface area contributed by atoms with E-state index in [9.17, 15) is 8.42 Å². The SMILES string of the molecule is C=CCCCCCN(C)C(=NC)NCC1CCN(S(C)(=O)=O)CC1. The van der Waals surface area contributed by atoms with E-state index >= 15 is 0 Å². The van der Waals surface area contributed by atoms with Crippen molar-refractivity contribution < 1.29 is 8.42 Å². The quantitative estimate of drug-likeness (QED) is 0.296. The monoisotopic (exact) mass is 358 g/mol. The molecule has 1 aliphatic heterocycles. The molecule has 0 atom stereocenters. The molecule has 0 amide bonds. The van der Waals surface area contributed by atoms with Gasteiger partial charge in [0.05, 0.1) is 6.26 Å². The van der Waals surface area contributed by atoms with E-state index in [2.05, 4.69) is 28.8 Å². The molecule has 0 saturated carbocycles. The molecule has 0 aliphatic carbocycles. The fraction of sp³-hybridized carbons (Fsp3) is 0.824. The Kier molecular flexibility index (Phi) is 9.36. The van der Waals surface area contributed by atoms with E-state index < -0.39 is 10.0 Å². The van der Waals surface area contributed by atoms with Crippen molar-refractivity contribution in [2.75, 3.05) is 46.5 Å². The molecule has 0 aromatic rings. The van der Waals surface area contributed by atoms with Gasteiger partial charge >= 0.3 is 0 Å². The summed E-state index contributed by atoms with van der Waals surface area (Å²) in [6.07, 6.45) is 9.71. The molecule has 0 bridgehead atoms. The number of piperidine rings is 1. The largest absolute Gasteiger partial charge is 0.356 e. The molecular formula is C17H34N4O2S. The summed E-state index contributed by atoms with van der Waals surface area (Å²) in [7, 11) is 0.832. The summed E-state index contributed by atoms with van der Waals surface area (Å²) in [5.41, 5.74) is 0. The predicted octanol–water partition coefficient (Wildman–Crippen LogP) is 1.91. The van der Waals surface area contributed by atoms with Crippen LogP contribution in [0, 0.1) is 5.92 Å². The number of sulfonamides is 1. The van der Waals surface area contributed by atoms with E-state index in [0.717, 1.165) is 44.7 Å². The van der Waals surface area contributed by atoms with Crippen LogP contribution in [0.5, 0.6) is 0 Å². The smallest absolute Gasteiger partial charge is 0.211 e. The number of hydrogen-bond donors (Lipinski definition) is 1. The number of nitrogens with one attached hydrogen (secondary N) is 1. The summed E-state index contributed by atoms with van der Waals surface area (Å²) >= 11 is 0. The number of rotatable bonds is 9. The van der Waals surface area contributed by atoms with Gasteiger partial charge in [0.1, 0.15) is 0 Å². The third-order valence-electron chi connectivity index (χ3n) is 4.57. The highest BCUT2D eigenvalue weighted by atomic mass is 32.2. The lowest BCUT2D eigenvalue weighted by molar-refractivity contribution is 0.273. The standard InChI is InChI=1S/C17H34N4O2S/c1-5-6-7-8-9-12-20(3)17(18-2)19-15-16-10-13-21(14-11-16)24(4,22)23/h5,16H,1,6-15H2,2-4H3,(H,18,19). The molecule has 0 radical (unpaired) electrons. The Morgan fingerprint density at radius 2 is 2.00 bits per heavy atom. The lowest BCUT2D eigenvalue weighted by Gasteiger charge is -2.31. The van der Waals surface area contributed by atoms with Gasteiger partial charge in [0.2, 0.25) is 10.0 Å². The molecule has 0 unspecified atom stereocenters. The Bertz CT molecular complexity index is 497. The maximum atomic E-state index is 11.5. The summed E-state index contributed by atoms with van der Waals surface area (Å²) < 4.78 is 24.7. The Hall–Kier alpha value is -1.08. The zero-order valence-corrected chi connectivity index (χ0v) is 16.3. The van der Waals surface area contributed by atoms with Crippen molar-refractivity contribution in [3.63, 3.8) is 0 Å². The molecule has 0 aromatic carbocycles. The highest BCUT2D eigenvalue weighted by Gasteiger charge is 2.24. The minimum Gasteiger partial charge on any atom is -0.356 e. The van der Waals surface area contributed by atoms with Crippen LogP contribution >= 0.6 is 0 Å². The lowest BCUT2D eigenvalue weighted by atomic mass is 9.98. The van der Waals surface area contributed by atoms with Crippen LogP contribution < -0.4 is 5.32 Å². The van der Waals surface area contributed by atoms with Gasteiger partial charge in [-0.25, -0.2) is 12.7 Å². The van der Waals surface area contributed by atoms with E-state index in [1.807, 2.05) is 13.1 Å². The molecule has 1 aliphatic rings. The summed E-state index contributed by atoms with van der Waals surface area (Å²) in [6.45, 7) is 6.84. The normalized spacial score (nSPS) is 17.7. The molecule has 1 rings (SSSR count). The number of hydrogen-bond acceptors (Lipinski definition) is 3. The Balaban J connectivity index is 2.28. The number of nitrogens with zero attached hydrogens (tertiary/aromatic N) is 3. The third-order valence-corrected chi connectivity index (χ3v) is 5.87. The van der Waals surface area contributed by atoms with Gasteiger partial charge in [-0.2, -0.15) is 0 Å². The van der Waals surface area contributed by atoms with E-state index in [0.29, 0.717) is 19.0 Å². The minimum atomic E-state index is -3.04. The van der Waals surface area contributed by atoms with E-state index in [-0.39, 0.29) is 0 Å². The van der Waals surface area contributed by atoms with Gasteiger partial charge in [0, 0.05) is 40.3 Å². The Morgan fingerprint density at radius 1 is 1.33 bits per heavy atom. The first-order chi connectivity index (χ1) is 11.4. The number of allylic oxidation sites excluding steroid dienone is 1. The van der Waals surface area contributed by atoms with Crippen molar-refractivity contribution in [3.8, 4) is 0 Å².